The second-order valence-corrected chi connectivity index (χ2v) is 7.78. The van der Waals surface area contributed by atoms with Crippen molar-refractivity contribution in [2.24, 2.45) is 16.7 Å². The standard InChI is InChI=1S/C18H26ClNO/c1-5-14-8-12(11-19)9-16(20-14)21-15-10-13-6-7-18(15,4)17(13,2)3/h8-9,13,15H,5-7,10-11H2,1-4H3. The number of aromatic nitrogens is 1. The van der Waals surface area contributed by atoms with Gasteiger partial charge in [-0.05, 0) is 48.6 Å². The van der Waals surface area contributed by atoms with Gasteiger partial charge in [-0.15, -0.1) is 11.6 Å². The van der Waals surface area contributed by atoms with Gasteiger partial charge in [0.2, 0.25) is 5.88 Å². The molecule has 3 atom stereocenters. The van der Waals surface area contributed by atoms with Crippen LogP contribution in [0.15, 0.2) is 12.1 Å². The highest BCUT2D eigenvalue weighted by Crippen LogP contribution is 2.66. The molecule has 2 aliphatic rings. The SMILES string of the molecule is CCc1cc(CCl)cc(OC2CC3CCC2(C)C3(C)C)n1. The number of hydrogen-bond donors (Lipinski definition) is 0. The molecule has 1 aromatic heterocycles. The van der Waals surface area contributed by atoms with Gasteiger partial charge in [0.25, 0.3) is 0 Å². The first-order chi connectivity index (χ1) is 9.90. The summed E-state index contributed by atoms with van der Waals surface area (Å²) in [6.45, 7) is 9.34. The molecule has 3 rings (SSSR count). The van der Waals surface area contributed by atoms with E-state index >= 15 is 0 Å². The summed E-state index contributed by atoms with van der Waals surface area (Å²) in [4.78, 5) is 4.64. The van der Waals surface area contributed by atoms with Crippen LogP contribution in [0.4, 0.5) is 0 Å². The van der Waals surface area contributed by atoms with Crippen molar-refractivity contribution in [3.8, 4) is 5.88 Å². The molecule has 2 saturated carbocycles. The molecule has 0 saturated heterocycles. The minimum absolute atomic E-state index is 0.267. The van der Waals surface area contributed by atoms with Crippen LogP contribution in [0.5, 0.6) is 5.88 Å². The summed E-state index contributed by atoms with van der Waals surface area (Å²) in [5, 5.41) is 0. The fraction of sp³-hybridized carbons (Fsp3) is 0.722. The van der Waals surface area contributed by atoms with E-state index in [4.69, 9.17) is 16.3 Å². The molecule has 0 aromatic carbocycles. The predicted molar refractivity (Wildman–Crippen MR) is 86.8 cm³/mol. The predicted octanol–water partition coefficient (Wildman–Crippen LogP) is 4.98. The fourth-order valence-electron chi connectivity index (χ4n) is 4.39. The van der Waals surface area contributed by atoms with Gasteiger partial charge in [-0.25, -0.2) is 4.98 Å². The van der Waals surface area contributed by atoms with Gasteiger partial charge in [0.15, 0.2) is 0 Å². The van der Waals surface area contributed by atoms with Gasteiger partial charge in [-0.1, -0.05) is 27.7 Å². The number of fused-ring (bicyclic) bond motifs is 2. The van der Waals surface area contributed by atoms with Crippen molar-refractivity contribution in [3.63, 3.8) is 0 Å². The van der Waals surface area contributed by atoms with Crippen LogP contribution >= 0.6 is 11.6 Å². The summed E-state index contributed by atoms with van der Waals surface area (Å²) in [5.74, 6) is 2.07. The third kappa shape index (κ3) is 2.27. The van der Waals surface area contributed by atoms with Crippen molar-refractivity contribution in [1.82, 2.24) is 4.98 Å². The summed E-state index contributed by atoms with van der Waals surface area (Å²) < 4.78 is 6.36. The molecular formula is C18H26ClNO. The van der Waals surface area contributed by atoms with Crippen LogP contribution in [0.25, 0.3) is 0 Å². The number of aryl methyl sites for hydroxylation is 1. The smallest absolute Gasteiger partial charge is 0.214 e. The highest BCUT2D eigenvalue weighted by Gasteiger charge is 2.62. The van der Waals surface area contributed by atoms with Crippen molar-refractivity contribution >= 4 is 11.6 Å². The molecule has 2 fully saturated rings. The summed E-state index contributed by atoms with van der Waals surface area (Å²) >= 11 is 6.00. The van der Waals surface area contributed by atoms with E-state index in [-0.39, 0.29) is 11.5 Å². The Hall–Kier alpha value is -0.760. The van der Waals surface area contributed by atoms with Crippen molar-refractivity contribution in [1.29, 1.82) is 0 Å². The maximum atomic E-state index is 6.36. The Morgan fingerprint density at radius 1 is 1.33 bits per heavy atom. The zero-order valence-electron chi connectivity index (χ0n) is 13.6. The highest BCUT2D eigenvalue weighted by molar-refractivity contribution is 6.17. The van der Waals surface area contributed by atoms with E-state index in [2.05, 4.69) is 38.7 Å². The minimum Gasteiger partial charge on any atom is -0.474 e. The van der Waals surface area contributed by atoms with Gasteiger partial charge in [0.1, 0.15) is 6.10 Å². The van der Waals surface area contributed by atoms with Crippen LogP contribution in [-0.2, 0) is 12.3 Å². The molecule has 0 amide bonds. The molecule has 0 spiro atoms. The Balaban J connectivity index is 1.85. The quantitative estimate of drug-likeness (QED) is 0.732. The molecular weight excluding hydrogens is 282 g/mol. The molecule has 2 bridgehead atoms. The van der Waals surface area contributed by atoms with E-state index in [1.807, 2.05) is 6.07 Å². The van der Waals surface area contributed by atoms with E-state index in [9.17, 15) is 0 Å². The molecule has 0 radical (unpaired) electrons. The van der Waals surface area contributed by atoms with Crippen molar-refractivity contribution in [2.45, 2.75) is 65.4 Å². The lowest BCUT2D eigenvalue weighted by atomic mass is 9.70. The Kier molecular flexibility index (Phi) is 3.72. The van der Waals surface area contributed by atoms with Gasteiger partial charge < -0.3 is 4.74 Å². The van der Waals surface area contributed by atoms with Crippen LogP contribution in [0.2, 0.25) is 0 Å². The molecule has 116 valence electrons. The van der Waals surface area contributed by atoms with Crippen molar-refractivity contribution in [2.75, 3.05) is 0 Å². The Morgan fingerprint density at radius 2 is 2.10 bits per heavy atom. The minimum atomic E-state index is 0.267. The first-order valence-corrected chi connectivity index (χ1v) is 8.66. The largest absolute Gasteiger partial charge is 0.474 e. The van der Waals surface area contributed by atoms with E-state index in [1.54, 1.807) is 0 Å². The van der Waals surface area contributed by atoms with E-state index in [0.717, 1.165) is 35.9 Å². The van der Waals surface area contributed by atoms with E-state index in [1.165, 1.54) is 12.8 Å². The maximum Gasteiger partial charge on any atom is 0.214 e. The second kappa shape index (κ2) is 5.15. The third-order valence-corrected chi connectivity index (χ3v) is 6.72. The number of pyridine rings is 1. The lowest BCUT2D eigenvalue weighted by Crippen LogP contribution is -2.39. The third-order valence-electron chi connectivity index (χ3n) is 6.41. The van der Waals surface area contributed by atoms with Crippen LogP contribution in [0, 0.1) is 16.7 Å². The van der Waals surface area contributed by atoms with Crippen molar-refractivity contribution in [3.05, 3.63) is 23.4 Å². The number of ether oxygens (including phenoxy) is 1. The molecule has 2 nitrogen and oxygen atoms in total. The summed E-state index contributed by atoms with van der Waals surface area (Å²) in [6.07, 6.45) is 4.98. The van der Waals surface area contributed by atoms with Gasteiger partial charge in [0.05, 0.1) is 0 Å². The lowest BCUT2D eigenvalue weighted by molar-refractivity contribution is 0.0272. The van der Waals surface area contributed by atoms with Crippen LogP contribution in [-0.4, -0.2) is 11.1 Å². The average molecular weight is 308 g/mol. The normalized spacial score (nSPS) is 33.4. The Labute approximate surface area is 133 Å². The molecule has 21 heavy (non-hydrogen) atoms. The van der Waals surface area contributed by atoms with Crippen LogP contribution in [0.1, 0.15) is 58.2 Å². The molecule has 1 heterocycles. The highest BCUT2D eigenvalue weighted by atomic mass is 35.5. The number of rotatable bonds is 4. The summed E-state index contributed by atoms with van der Waals surface area (Å²) in [6, 6.07) is 4.08. The van der Waals surface area contributed by atoms with Gasteiger partial charge in [-0.2, -0.15) is 0 Å². The van der Waals surface area contributed by atoms with Gasteiger partial charge in [-0.3, -0.25) is 0 Å². The number of hydrogen-bond acceptors (Lipinski definition) is 2. The first kappa shape index (κ1) is 15.1. The first-order valence-electron chi connectivity index (χ1n) is 8.13. The number of halogens is 1. The molecule has 0 aliphatic heterocycles. The number of nitrogens with zero attached hydrogens (tertiary/aromatic N) is 1. The maximum absolute atomic E-state index is 6.36. The number of alkyl halides is 1. The van der Waals surface area contributed by atoms with Gasteiger partial charge >= 0.3 is 0 Å². The second-order valence-electron chi connectivity index (χ2n) is 7.51. The molecule has 3 heteroatoms. The topological polar surface area (TPSA) is 22.1 Å². The van der Waals surface area contributed by atoms with E-state index < -0.39 is 0 Å². The zero-order chi connectivity index (χ0) is 15.3. The molecule has 1 aromatic rings. The van der Waals surface area contributed by atoms with E-state index in [0.29, 0.717) is 11.3 Å². The average Bonchev–Trinajstić information content (AvgIpc) is 2.80. The summed E-state index contributed by atoms with van der Waals surface area (Å²) in [7, 11) is 0. The summed E-state index contributed by atoms with van der Waals surface area (Å²) in [5.41, 5.74) is 2.81. The van der Waals surface area contributed by atoms with Gasteiger partial charge in [0, 0.05) is 23.1 Å². The Bertz CT molecular complexity index is 520. The van der Waals surface area contributed by atoms with Crippen LogP contribution < -0.4 is 4.74 Å². The van der Waals surface area contributed by atoms with Crippen molar-refractivity contribution < 1.29 is 4.74 Å². The van der Waals surface area contributed by atoms with Crippen LogP contribution in [0.3, 0.4) is 0 Å². The molecule has 0 N–H and O–H groups in total. The molecule has 3 unspecified atom stereocenters. The fourth-order valence-corrected chi connectivity index (χ4v) is 4.55. The Morgan fingerprint density at radius 3 is 2.62 bits per heavy atom. The lowest BCUT2D eigenvalue weighted by Gasteiger charge is -2.38. The zero-order valence-corrected chi connectivity index (χ0v) is 14.3. The molecule has 2 aliphatic carbocycles. The monoisotopic (exact) mass is 307 g/mol.